The number of sulfonamides is 1. The normalized spacial score (nSPS) is 20.7. The van der Waals surface area contributed by atoms with Crippen LogP contribution in [0.2, 0.25) is 0 Å². The number of hydrogen-bond donors (Lipinski definition) is 1. The third-order valence-electron chi connectivity index (χ3n) is 4.79. The number of nitrogens with one attached hydrogen (secondary N) is 1. The van der Waals surface area contributed by atoms with Crippen molar-refractivity contribution < 1.29 is 17.9 Å². The first kappa shape index (κ1) is 19.1. The number of carbonyl (C=O) groups is 1. The molecule has 2 fully saturated rings. The molecular formula is C18H27N3O4S. The highest BCUT2D eigenvalue weighted by Gasteiger charge is 2.26. The Bertz CT molecular complexity index is 717. The largest absolute Gasteiger partial charge is 0.379 e. The molecule has 8 heteroatoms. The molecule has 1 aromatic carbocycles. The summed E-state index contributed by atoms with van der Waals surface area (Å²) in [4.78, 5) is 14.7. The van der Waals surface area contributed by atoms with Crippen LogP contribution in [0, 0.1) is 0 Å². The Morgan fingerprint density at radius 2 is 1.96 bits per heavy atom. The maximum atomic E-state index is 12.4. The topological polar surface area (TPSA) is 79.0 Å². The molecular weight excluding hydrogens is 354 g/mol. The van der Waals surface area contributed by atoms with E-state index in [-0.39, 0.29) is 11.7 Å². The number of hydrogen-bond acceptors (Lipinski definition) is 5. The first-order valence-corrected chi connectivity index (χ1v) is 10.9. The number of morpholine rings is 1. The number of carbonyl (C=O) groups excluding carboxylic acids is 1. The number of amides is 1. The summed E-state index contributed by atoms with van der Waals surface area (Å²) in [6.45, 7) is 5.46. The molecule has 0 radical (unpaired) electrons. The summed E-state index contributed by atoms with van der Waals surface area (Å²) in [5.41, 5.74) is 1.07. The van der Waals surface area contributed by atoms with Gasteiger partial charge in [0.25, 0.3) is 5.91 Å². The molecule has 2 aliphatic rings. The van der Waals surface area contributed by atoms with Gasteiger partial charge in [0.1, 0.15) is 0 Å². The average molecular weight is 381 g/mol. The van der Waals surface area contributed by atoms with Gasteiger partial charge < -0.3 is 10.1 Å². The van der Waals surface area contributed by atoms with Crippen molar-refractivity contribution in [2.24, 2.45) is 0 Å². The first-order valence-electron chi connectivity index (χ1n) is 9.25. The molecule has 1 aromatic rings. The standard InChI is InChI=1S/C18H27N3O4S/c22-18(19-7-4-8-20-10-12-25-13-11-20)16-5-3-6-17(15-16)21-9-1-2-14-26(21,23)24/h3,5-6,15H,1-2,4,7-14H2,(H,19,22). The van der Waals surface area contributed by atoms with E-state index in [1.165, 1.54) is 4.31 Å². The average Bonchev–Trinajstić information content (AvgIpc) is 2.65. The molecule has 144 valence electrons. The smallest absolute Gasteiger partial charge is 0.251 e. The van der Waals surface area contributed by atoms with Crippen molar-refractivity contribution in [2.75, 3.05) is 56.0 Å². The van der Waals surface area contributed by atoms with Gasteiger partial charge in [-0.15, -0.1) is 0 Å². The number of benzene rings is 1. The highest BCUT2D eigenvalue weighted by Crippen LogP contribution is 2.24. The van der Waals surface area contributed by atoms with Gasteiger partial charge in [0.2, 0.25) is 10.0 Å². The van der Waals surface area contributed by atoms with Crippen LogP contribution < -0.4 is 9.62 Å². The maximum Gasteiger partial charge on any atom is 0.251 e. The van der Waals surface area contributed by atoms with Crippen molar-refractivity contribution in [3.8, 4) is 0 Å². The monoisotopic (exact) mass is 381 g/mol. The lowest BCUT2D eigenvalue weighted by molar-refractivity contribution is 0.0374. The quantitative estimate of drug-likeness (QED) is 0.746. The van der Waals surface area contributed by atoms with Crippen LogP contribution >= 0.6 is 0 Å². The Balaban J connectivity index is 1.53. The fourth-order valence-electron chi connectivity index (χ4n) is 3.31. The van der Waals surface area contributed by atoms with Crippen molar-refractivity contribution >= 4 is 21.6 Å². The van der Waals surface area contributed by atoms with Crippen LogP contribution in [0.25, 0.3) is 0 Å². The Morgan fingerprint density at radius 3 is 2.73 bits per heavy atom. The summed E-state index contributed by atoms with van der Waals surface area (Å²) in [5, 5.41) is 2.92. The van der Waals surface area contributed by atoms with Crippen molar-refractivity contribution in [1.82, 2.24) is 10.2 Å². The van der Waals surface area contributed by atoms with Crippen LogP contribution in [0.1, 0.15) is 29.6 Å². The zero-order valence-electron chi connectivity index (χ0n) is 15.0. The molecule has 0 aliphatic carbocycles. The second-order valence-electron chi connectivity index (χ2n) is 6.71. The van der Waals surface area contributed by atoms with E-state index in [9.17, 15) is 13.2 Å². The van der Waals surface area contributed by atoms with Gasteiger partial charge in [-0.1, -0.05) is 6.07 Å². The molecule has 1 amide bonds. The van der Waals surface area contributed by atoms with Crippen molar-refractivity contribution in [3.63, 3.8) is 0 Å². The van der Waals surface area contributed by atoms with Gasteiger partial charge in [-0.3, -0.25) is 14.0 Å². The lowest BCUT2D eigenvalue weighted by Crippen LogP contribution is -2.38. The first-order chi connectivity index (χ1) is 12.6. The van der Waals surface area contributed by atoms with E-state index >= 15 is 0 Å². The minimum atomic E-state index is -3.27. The van der Waals surface area contributed by atoms with Crippen LogP contribution in [-0.2, 0) is 14.8 Å². The number of rotatable bonds is 6. The van der Waals surface area contributed by atoms with Gasteiger partial charge in [-0.2, -0.15) is 0 Å². The molecule has 2 aliphatic heterocycles. The van der Waals surface area contributed by atoms with Gasteiger partial charge in [-0.25, -0.2) is 8.42 Å². The predicted molar refractivity (Wildman–Crippen MR) is 101 cm³/mol. The zero-order valence-corrected chi connectivity index (χ0v) is 15.8. The van der Waals surface area contributed by atoms with Gasteiger partial charge in [0, 0.05) is 31.7 Å². The molecule has 2 saturated heterocycles. The van der Waals surface area contributed by atoms with Gasteiger partial charge in [0.15, 0.2) is 0 Å². The van der Waals surface area contributed by atoms with Gasteiger partial charge >= 0.3 is 0 Å². The summed E-state index contributed by atoms with van der Waals surface area (Å²) in [7, 11) is -3.27. The Hall–Kier alpha value is -1.64. The molecule has 26 heavy (non-hydrogen) atoms. The van der Waals surface area contributed by atoms with E-state index in [1.807, 2.05) is 0 Å². The Labute approximate surface area is 155 Å². The van der Waals surface area contributed by atoms with E-state index in [2.05, 4.69) is 10.2 Å². The Kier molecular flexibility index (Phi) is 6.50. The third-order valence-corrected chi connectivity index (χ3v) is 6.66. The molecule has 0 unspecified atom stereocenters. The van der Waals surface area contributed by atoms with Crippen molar-refractivity contribution in [2.45, 2.75) is 19.3 Å². The van der Waals surface area contributed by atoms with E-state index in [0.717, 1.165) is 45.7 Å². The van der Waals surface area contributed by atoms with Crippen molar-refractivity contribution in [3.05, 3.63) is 29.8 Å². The molecule has 0 aromatic heterocycles. The molecule has 2 heterocycles. The van der Waals surface area contributed by atoms with E-state index in [4.69, 9.17) is 4.74 Å². The van der Waals surface area contributed by atoms with Gasteiger partial charge in [0.05, 0.1) is 24.7 Å². The zero-order chi connectivity index (χ0) is 18.4. The van der Waals surface area contributed by atoms with Crippen LogP contribution in [0.5, 0.6) is 0 Å². The second-order valence-corrected chi connectivity index (χ2v) is 8.72. The molecule has 1 N–H and O–H groups in total. The van der Waals surface area contributed by atoms with E-state index in [0.29, 0.717) is 30.8 Å². The van der Waals surface area contributed by atoms with E-state index < -0.39 is 10.0 Å². The molecule has 0 atom stereocenters. The highest BCUT2D eigenvalue weighted by atomic mass is 32.2. The van der Waals surface area contributed by atoms with Crippen LogP contribution in [0.15, 0.2) is 24.3 Å². The minimum Gasteiger partial charge on any atom is -0.379 e. The van der Waals surface area contributed by atoms with Gasteiger partial charge in [-0.05, 0) is 44.0 Å². The molecule has 0 saturated carbocycles. The molecule has 0 bridgehead atoms. The highest BCUT2D eigenvalue weighted by molar-refractivity contribution is 7.92. The third kappa shape index (κ3) is 4.96. The SMILES string of the molecule is O=C(NCCCN1CCOCC1)c1cccc(N2CCCCS2(=O)=O)c1. The van der Waals surface area contributed by atoms with Crippen LogP contribution in [0.3, 0.4) is 0 Å². The fourth-order valence-corrected chi connectivity index (χ4v) is 4.94. The number of anilines is 1. The summed E-state index contributed by atoms with van der Waals surface area (Å²) in [6.07, 6.45) is 2.42. The summed E-state index contributed by atoms with van der Waals surface area (Å²) < 4.78 is 31.2. The van der Waals surface area contributed by atoms with Crippen molar-refractivity contribution in [1.29, 1.82) is 0 Å². The second kappa shape index (κ2) is 8.83. The summed E-state index contributed by atoms with van der Waals surface area (Å²) >= 11 is 0. The lowest BCUT2D eigenvalue weighted by atomic mass is 10.2. The predicted octanol–water partition coefficient (Wildman–Crippen LogP) is 1.07. The molecule has 0 spiro atoms. The molecule has 3 rings (SSSR count). The van der Waals surface area contributed by atoms with Crippen LogP contribution in [-0.4, -0.2) is 70.9 Å². The molecule has 7 nitrogen and oxygen atoms in total. The summed E-state index contributed by atoms with van der Waals surface area (Å²) in [6, 6.07) is 6.87. The minimum absolute atomic E-state index is 0.164. The van der Waals surface area contributed by atoms with Crippen LogP contribution in [0.4, 0.5) is 5.69 Å². The summed E-state index contributed by atoms with van der Waals surface area (Å²) in [5.74, 6) is 0.00792. The van der Waals surface area contributed by atoms with E-state index in [1.54, 1.807) is 24.3 Å². The fraction of sp³-hybridized carbons (Fsp3) is 0.611. The number of ether oxygens (including phenoxy) is 1. The number of nitrogens with zero attached hydrogens (tertiary/aromatic N) is 2. The Morgan fingerprint density at radius 1 is 1.15 bits per heavy atom. The maximum absolute atomic E-state index is 12.4. The lowest BCUT2D eigenvalue weighted by Gasteiger charge is -2.28.